The van der Waals surface area contributed by atoms with E-state index in [-0.39, 0.29) is 11.0 Å². The molecule has 5 aromatic rings. The predicted molar refractivity (Wildman–Crippen MR) is 144 cm³/mol. The topological polar surface area (TPSA) is 8.17 Å². The van der Waals surface area contributed by atoms with Crippen LogP contribution < -0.4 is 4.90 Å². The number of fused-ring (bicyclic) bond motifs is 6. The zero-order valence-corrected chi connectivity index (χ0v) is 20.0. The van der Waals surface area contributed by atoms with E-state index in [4.69, 9.17) is 0 Å². The van der Waals surface area contributed by atoms with Crippen molar-refractivity contribution in [2.75, 3.05) is 4.90 Å². The predicted octanol–water partition coefficient (Wildman–Crippen LogP) is 8.53. The smallest absolute Gasteiger partial charge is 0.0541 e. The van der Waals surface area contributed by atoms with Crippen LogP contribution in [-0.4, -0.2) is 10.1 Å². The summed E-state index contributed by atoms with van der Waals surface area (Å²) in [4.78, 5) is 2.67. The summed E-state index contributed by atoms with van der Waals surface area (Å²) < 4.78 is 2.43. The van der Waals surface area contributed by atoms with Crippen molar-refractivity contribution >= 4 is 33.2 Å². The number of rotatable bonds is 2. The molecule has 2 atom stereocenters. The maximum Gasteiger partial charge on any atom is 0.0541 e. The van der Waals surface area contributed by atoms with Gasteiger partial charge in [-0.25, -0.2) is 0 Å². The Labute approximate surface area is 201 Å². The molecule has 2 nitrogen and oxygen atoms in total. The van der Waals surface area contributed by atoms with Crippen LogP contribution in [0.4, 0.5) is 11.4 Å². The molecular formula is C32H30N2. The van der Waals surface area contributed by atoms with Crippen molar-refractivity contribution in [3.63, 3.8) is 0 Å². The summed E-state index contributed by atoms with van der Waals surface area (Å²) in [6, 6.07) is 35.9. The highest BCUT2D eigenvalue weighted by Crippen LogP contribution is 2.60. The number of nitrogens with zero attached hydrogens (tertiary/aromatic N) is 2. The molecule has 1 fully saturated rings. The Balaban J connectivity index is 1.47. The van der Waals surface area contributed by atoms with E-state index >= 15 is 0 Å². The largest absolute Gasteiger partial charge is 0.334 e. The molecule has 168 valence electrons. The van der Waals surface area contributed by atoms with Crippen molar-refractivity contribution < 1.29 is 0 Å². The van der Waals surface area contributed by atoms with Gasteiger partial charge in [0.1, 0.15) is 0 Å². The molecule has 4 aromatic carbocycles. The van der Waals surface area contributed by atoms with Gasteiger partial charge in [0.25, 0.3) is 0 Å². The van der Waals surface area contributed by atoms with Gasteiger partial charge in [0.2, 0.25) is 0 Å². The van der Waals surface area contributed by atoms with Crippen molar-refractivity contribution in [1.82, 2.24) is 4.57 Å². The van der Waals surface area contributed by atoms with Crippen molar-refractivity contribution in [3.8, 4) is 5.69 Å². The van der Waals surface area contributed by atoms with E-state index in [0.29, 0.717) is 0 Å². The highest BCUT2D eigenvalue weighted by Gasteiger charge is 2.57. The van der Waals surface area contributed by atoms with Crippen molar-refractivity contribution in [3.05, 3.63) is 103 Å². The third kappa shape index (κ3) is 2.46. The molecule has 0 bridgehead atoms. The van der Waals surface area contributed by atoms with Crippen LogP contribution in [0.2, 0.25) is 0 Å². The minimum Gasteiger partial charge on any atom is -0.334 e. The summed E-state index contributed by atoms with van der Waals surface area (Å²) in [7, 11) is 0. The van der Waals surface area contributed by atoms with E-state index in [9.17, 15) is 0 Å². The lowest BCUT2D eigenvalue weighted by Crippen LogP contribution is -2.54. The fourth-order valence-corrected chi connectivity index (χ4v) is 7.07. The van der Waals surface area contributed by atoms with Crippen LogP contribution in [-0.2, 0) is 5.41 Å². The second-order valence-electron chi connectivity index (χ2n) is 10.6. The summed E-state index contributed by atoms with van der Waals surface area (Å²) in [6.07, 6.45) is 5.08. The molecule has 0 spiro atoms. The first-order valence-corrected chi connectivity index (χ1v) is 12.6. The van der Waals surface area contributed by atoms with E-state index in [0.717, 1.165) is 0 Å². The molecule has 1 aliphatic carbocycles. The fourth-order valence-electron chi connectivity index (χ4n) is 7.07. The first kappa shape index (κ1) is 19.9. The first-order valence-electron chi connectivity index (χ1n) is 12.6. The average Bonchev–Trinajstić information content (AvgIpc) is 3.31. The summed E-state index contributed by atoms with van der Waals surface area (Å²) >= 11 is 0. The van der Waals surface area contributed by atoms with Crippen LogP contribution in [0.5, 0.6) is 0 Å². The zero-order chi connectivity index (χ0) is 22.9. The quantitative estimate of drug-likeness (QED) is 0.266. The van der Waals surface area contributed by atoms with E-state index in [2.05, 4.69) is 120 Å². The molecule has 0 saturated heterocycles. The molecule has 0 amide bonds. The Morgan fingerprint density at radius 3 is 2.00 bits per heavy atom. The summed E-state index contributed by atoms with van der Waals surface area (Å²) in [5, 5.41) is 2.61. The fraction of sp³-hybridized carbons (Fsp3) is 0.250. The SMILES string of the molecule is CC12CCCCC1(C)N(c1cccc(-n3c4ccccc4c4ccccc43)c1)c1ccccc12. The summed E-state index contributed by atoms with van der Waals surface area (Å²) in [5.41, 5.74) is 8.18. The normalized spacial score (nSPS) is 23.9. The van der Waals surface area contributed by atoms with E-state index in [1.165, 1.54) is 70.1 Å². The molecule has 34 heavy (non-hydrogen) atoms. The van der Waals surface area contributed by atoms with Crippen LogP contribution in [0, 0.1) is 0 Å². The van der Waals surface area contributed by atoms with Gasteiger partial charge in [0.05, 0.1) is 16.6 Å². The number of aromatic nitrogens is 1. The number of benzene rings is 4. The number of hydrogen-bond acceptors (Lipinski definition) is 1. The minimum atomic E-state index is 0.0778. The Kier molecular flexibility index (Phi) is 4.09. The highest BCUT2D eigenvalue weighted by atomic mass is 15.3. The maximum absolute atomic E-state index is 2.67. The van der Waals surface area contributed by atoms with Crippen LogP contribution in [0.3, 0.4) is 0 Å². The van der Waals surface area contributed by atoms with Gasteiger partial charge < -0.3 is 9.47 Å². The number of anilines is 2. The number of para-hydroxylation sites is 3. The van der Waals surface area contributed by atoms with Crippen LogP contribution in [0.15, 0.2) is 97.1 Å². The lowest BCUT2D eigenvalue weighted by molar-refractivity contribution is 0.195. The van der Waals surface area contributed by atoms with Crippen molar-refractivity contribution in [2.45, 2.75) is 50.5 Å². The molecular weight excluding hydrogens is 412 g/mol. The second kappa shape index (κ2) is 6.99. The molecule has 7 rings (SSSR count). The summed E-state index contributed by atoms with van der Waals surface area (Å²) in [5.74, 6) is 0. The van der Waals surface area contributed by atoms with E-state index < -0.39 is 0 Å². The van der Waals surface area contributed by atoms with Crippen molar-refractivity contribution in [1.29, 1.82) is 0 Å². The molecule has 0 radical (unpaired) electrons. The van der Waals surface area contributed by atoms with Gasteiger partial charge in [-0.3, -0.25) is 0 Å². The monoisotopic (exact) mass is 442 g/mol. The third-order valence-corrected chi connectivity index (χ3v) is 8.94. The van der Waals surface area contributed by atoms with Gasteiger partial charge in [0, 0.05) is 33.2 Å². The molecule has 1 aromatic heterocycles. The maximum atomic E-state index is 2.67. The Morgan fingerprint density at radius 2 is 1.24 bits per heavy atom. The lowest BCUT2D eigenvalue weighted by atomic mass is 9.61. The zero-order valence-electron chi connectivity index (χ0n) is 20.0. The van der Waals surface area contributed by atoms with Gasteiger partial charge in [-0.1, -0.05) is 80.4 Å². The molecule has 0 N–H and O–H groups in total. The molecule has 2 heteroatoms. The molecule has 2 heterocycles. The molecule has 1 aliphatic heterocycles. The van der Waals surface area contributed by atoms with Crippen molar-refractivity contribution in [2.24, 2.45) is 0 Å². The molecule has 2 aliphatic rings. The summed E-state index contributed by atoms with van der Waals surface area (Å²) in [6.45, 7) is 5.00. The molecule has 1 saturated carbocycles. The van der Waals surface area contributed by atoms with Crippen LogP contribution in [0.1, 0.15) is 45.1 Å². The van der Waals surface area contributed by atoms with Gasteiger partial charge >= 0.3 is 0 Å². The van der Waals surface area contributed by atoms with E-state index in [1.807, 2.05) is 0 Å². The Morgan fingerprint density at radius 1 is 0.618 bits per heavy atom. The molecule has 2 unspecified atom stereocenters. The first-order chi connectivity index (χ1) is 16.6. The van der Waals surface area contributed by atoms with Crippen LogP contribution in [0.25, 0.3) is 27.5 Å². The lowest BCUT2D eigenvalue weighted by Gasteiger charge is -2.50. The van der Waals surface area contributed by atoms with Gasteiger partial charge in [-0.15, -0.1) is 0 Å². The van der Waals surface area contributed by atoms with Gasteiger partial charge in [-0.2, -0.15) is 0 Å². The van der Waals surface area contributed by atoms with Gasteiger partial charge in [0.15, 0.2) is 0 Å². The highest BCUT2D eigenvalue weighted by molar-refractivity contribution is 6.09. The Bertz CT molecular complexity index is 1510. The van der Waals surface area contributed by atoms with Crippen LogP contribution >= 0.6 is 0 Å². The second-order valence-corrected chi connectivity index (χ2v) is 10.6. The average molecular weight is 443 g/mol. The standard InChI is InChI=1S/C32H30N2/c1-31-20-9-10-21-32(31,2)34(30-19-8-5-16-27(30)31)24-13-11-12-23(22-24)33-28-17-6-3-14-25(28)26-15-4-7-18-29(26)33/h3-8,11-19,22H,9-10,20-21H2,1-2H3. The Hall–Kier alpha value is -3.52. The van der Waals surface area contributed by atoms with Gasteiger partial charge in [-0.05, 0) is 61.7 Å². The third-order valence-electron chi connectivity index (χ3n) is 8.94. The minimum absolute atomic E-state index is 0.0778. The number of hydrogen-bond donors (Lipinski definition) is 0. The van der Waals surface area contributed by atoms with E-state index in [1.54, 1.807) is 0 Å².